The van der Waals surface area contributed by atoms with Crippen molar-refractivity contribution >= 4 is 0 Å². The van der Waals surface area contributed by atoms with E-state index in [4.69, 9.17) is 10.2 Å². The van der Waals surface area contributed by atoms with E-state index in [0.29, 0.717) is 0 Å². The first-order valence-corrected chi connectivity index (χ1v) is 2.74. The van der Waals surface area contributed by atoms with Crippen LogP contribution >= 0.6 is 0 Å². The summed E-state index contributed by atoms with van der Waals surface area (Å²) < 4.78 is 0. The lowest BCUT2D eigenvalue weighted by molar-refractivity contribution is -0.886. The van der Waals surface area contributed by atoms with Gasteiger partial charge in [0.15, 0.2) is 0 Å². The van der Waals surface area contributed by atoms with Crippen LogP contribution in [0.2, 0.25) is 0 Å². The van der Waals surface area contributed by atoms with E-state index in [9.17, 15) is 0 Å². The van der Waals surface area contributed by atoms with Gasteiger partial charge < -0.3 is 15.1 Å². The molecular weight excluding hydrogens is 106 g/mol. The van der Waals surface area contributed by atoms with Crippen LogP contribution in [0.15, 0.2) is 0 Å². The van der Waals surface area contributed by atoms with Crippen molar-refractivity contribution in [3.8, 4) is 0 Å². The molecule has 0 unspecified atom stereocenters. The molecule has 8 heavy (non-hydrogen) atoms. The molecule has 0 aliphatic heterocycles. The summed E-state index contributed by atoms with van der Waals surface area (Å²) in [6, 6.07) is -0.0185. The lowest BCUT2D eigenvalue weighted by Crippen LogP contribution is -3.11. The molecule has 0 aromatic carbocycles. The van der Waals surface area contributed by atoms with E-state index in [1.54, 1.807) is 0 Å². The van der Waals surface area contributed by atoms with E-state index in [1.807, 2.05) is 14.1 Å². The first-order valence-electron chi connectivity index (χ1n) is 2.74. The Balaban J connectivity index is 3.35. The van der Waals surface area contributed by atoms with Crippen LogP contribution < -0.4 is 4.90 Å². The van der Waals surface area contributed by atoms with E-state index in [1.165, 1.54) is 0 Å². The van der Waals surface area contributed by atoms with Crippen LogP contribution in [-0.4, -0.2) is 43.6 Å². The molecule has 0 rings (SSSR count). The third-order valence-corrected chi connectivity index (χ3v) is 1.26. The van der Waals surface area contributed by atoms with Gasteiger partial charge in [0.05, 0.1) is 27.3 Å². The van der Waals surface area contributed by atoms with Crippen LogP contribution in [-0.2, 0) is 0 Å². The molecule has 0 fully saturated rings. The number of rotatable bonds is 3. The van der Waals surface area contributed by atoms with Crippen molar-refractivity contribution in [2.45, 2.75) is 6.04 Å². The van der Waals surface area contributed by atoms with Crippen molar-refractivity contribution in [1.29, 1.82) is 0 Å². The number of nitrogens with one attached hydrogen (secondary N) is 1. The van der Waals surface area contributed by atoms with Crippen molar-refractivity contribution in [3.63, 3.8) is 0 Å². The normalized spacial score (nSPS) is 11.2. The van der Waals surface area contributed by atoms with Crippen LogP contribution in [0.4, 0.5) is 0 Å². The molecular formula is C5H14NO2+. The van der Waals surface area contributed by atoms with Crippen molar-refractivity contribution in [1.82, 2.24) is 0 Å². The second kappa shape index (κ2) is 3.83. The molecule has 3 heteroatoms. The predicted octanol–water partition coefficient (Wildman–Crippen LogP) is -2.52. The van der Waals surface area contributed by atoms with Gasteiger partial charge in [0.2, 0.25) is 0 Å². The molecule has 50 valence electrons. The van der Waals surface area contributed by atoms with Gasteiger partial charge in [-0.3, -0.25) is 0 Å². The quantitative estimate of drug-likeness (QED) is 0.385. The summed E-state index contributed by atoms with van der Waals surface area (Å²) in [4.78, 5) is 1.08. The van der Waals surface area contributed by atoms with Gasteiger partial charge in [0.25, 0.3) is 0 Å². The minimum absolute atomic E-state index is 0.0185. The van der Waals surface area contributed by atoms with E-state index in [0.717, 1.165) is 4.90 Å². The molecule has 0 aromatic rings. The number of likely N-dealkylation sites (N-methyl/N-ethyl adjacent to an activating group) is 1. The highest BCUT2D eigenvalue weighted by molar-refractivity contribution is 4.45. The zero-order chi connectivity index (χ0) is 6.57. The second-order valence-electron chi connectivity index (χ2n) is 2.14. The van der Waals surface area contributed by atoms with Crippen molar-refractivity contribution in [2.75, 3.05) is 27.3 Å². The molecule has 0 atom stereocenters. The maximum Gasteiger partial charge on any atom is 0.134 e. The fraction of sp³-hybridized carbons (Fsp3) is 1.00. The number of hydrogen-bond acceptors (Lipinski definition) is 2. The van der Waals surface area contributed by atoms with Crippen LogP contribution in [0.3, 0.4) is 0 Å². The van der Waals surface area contributed by atoms with E-state index in [2.05, 4.69) is 0 Å². The zero-order valence-corrected chi connectivity index (χ0v) is 5.39. The summed E-state index contributed by atoms with van der Waals surface area (Å²) in [5.41, 5.74) is 0. The van der Waals surface area contributed by atoms with Gasteiger partial charge >= 0.3 is 0 Å². The van der Waals surface area contributed by atoms with Gasteiger partial charge in [-0.1, -0.05) is 0 Å². The Hall–Kier alpha value is -0.120. The molecule has 0 amide bonds. The number of quaternary nitrogens is 1. The maximum absolute atomic E-state index is 8.52. The van der Waals surface area contributed by atoms with E-state index in [-0.39, 0.29) is 19.3 Å². The first-order chi connectivity index (χ1) is 3.72. The van der Waals surface area contributed by atoms with E-state index < -0.39 is 0 Å². The fourth-order valence-electron chi connectivity index (χ4n) is 0.423. The first kappa shape index (κ1) is 7.88. The molecule has 3 N–H and O–H groups in total. The molecule has 0 aliphatic carbocycles. The van der Waals surface area contributed by atoms with Crippen LogP contribution in [0.25, 0.3) is 0 Å². The standard InChI is InChI=1S/C5H13NO2/c1-6(2)5(3-7)4-8/h5,7-8H,3-4H2,1-2H3/p+1. The number of aliphatic hydroxyl groups is 2. The molecule has 3 nitrogen and oxygen atoms in total. The lowest BCUT2D eigenvalue weighted by Gasteiger charge is -2.15. The van der Waals surface area contributed by atoms with Crippen molar-refractivity contribution in [2.24, 2.45) is 0 Å². The Morgan fingerprint density at radius 1 is 1.25 bits per heavy atom. The summed E-state index contributed by atoms with van der Waals surface area (Å²) >= 11 is 0. The minimum atomic E-state index is -0.0185. The Labute approximate surface area is 49.5 Å². The SMILES string of the molecule is C[NH+](C)C(CO)CO. The third-order valence-electron chi connectivity index (χ3n) is 1.26. The summed E-state index contributed by atoms with van der Waals surface area (Å²) in [5.74, 6) is 0. The number of aliphatic hydroxyl groups excluding tert-OH is 2. The largest absolute Gasteiger partial charge is 0.390 e. The Kier molecular flexibility index (Phi) is 3.77. The highest BCUT2D eigenvalue weighted by atomic mass is 16.3. The highest BCUT2D eigenvalue weighted by Gasteiger charge is 2.09. The Morgan fingerprint density at radius 2 is 1.62 bits per heavy atom. The fourth-order valence-corrected chi connectivity index (χ4v) is 0.423. The molecule has 0 bridgehead atoms. The maximum atomic E-state index is 8.52. The van der Waals surface area contributed by atoms with Gasteiger partial charge in [-0.15, -0.1) is 0 Å². The molecule has 0 saturated heterocycles. The predicted molar refractivity (Wildman–Crippen MR) is 30.8 cm³/mol. The van der Waals surface area contributed by atoms with Gasteiger partial charge in [-0.05, 0) is 0 Å². The molecule has 0 saturated carbocycles. The van der Waals surface area contributed by atoms with Gasteiger partial charge in [0, 0.05) is 0 Å². The summed E-state index contributed by atoms with van der Waals surface area (Å²) in [6.45, 7) is 0.109. The topological polar surface area (TPSA) is 44.9 Å². The second-order valence-corrected chi connectivity index (χ2v) is 2.14. The minimum Gasteiger partial charge on any atom is -0.390 e. The van der Waals surface area contributed by atoms with Gasteiger partial charge in [0.1, 0.15) is 6.04 Å². The Bertz CT molecular complexity index is 52.4. The molecule has 0 aromatic heterocycles. The molecule has 0 spiro atoms. The van der Waals surface area contributed by atoms with Crippen LogP contribution in [0.5, 0.6) is 0 Å². The summed E-state index contributed by atoms with van der Waals surface area (Å²) in [6.07, 6.45) is 0. The van der Waals surface area contributed by atoms with Crippen molar-refractivity contribution in [3.05, 3.63) is 0 Å². The van der Waals surface area contributed by atoms with Gasteiger partial charge in [-0.25, -0.2) is 0 Å². The molecule has 0 heterocycles. The smallest absolute Gasteiger partial charge is 0.134 e. The van der Waals surface area contributed by atoms with Crippen LogP contribution in [0.1, 0.15) is 0 Å². The molecule has 0 radical (unpaired) electrons. The zero-order valence-electron chi connectivity index (χ0n) is 5.39. The van der Waals surface area contributed by atoms with E-state index >= 15 is 0 Å². The van der Waals surface area contributed by atoms with Crippen molar-refractivity contribution < 1.29 is 15.1 Å². The average Bonchev–Trinajstić information content (AvgIpc) is 1.69. The Morgan fingerprint density at radius 3 is 1.62 bits per heavy atom. The highest BCUT2D eigenvalue weighted by Crippen LogP contribution is 1.67. The third kappa shape index (κ3) is 2.26. The monoisotopic (exact) mass is 120 g/mol. The number of hydrogen-bond donors (Lipinski definition) is 3. The summed E-state index contributed by atoms with van der Waals surface area (Å²) in [5, 5.41) is 17.0. The average molecular weight is 120 g/mol. The van der Waals surface area contributed by atoms with Crippen LogP contribution in [0, 0.1) is 0 Å². The summed E-state index contributed by atoms with van der Waals surface area (Å²) in [7, 11) is 3.80. The van der Waals surface area contributed by atoms with Gasteiger partial charge in [-0.2, -0.15) is 0 Å². The lowest BCUT2D eigenvalue weighted by atomic mass is 10.3. The molecule has 0 aliphatic rings.